The molecule has 1 heterocycles. The first kappa shape index (κ1) is 14.3. The number of amides is 2. The molecule has 2 rings (SSSR count). The van der Waals surface area contributed by atoms with Gasteiger partial charge in [0, 0.05) is 37.6 Å². The Morgan fingerprint density at radius 2 is 1.74 bits per heavy atom. The van der Waals surface area contributed by atoms with E-state index in [0.717, 1.165) is 4.47 Å². The molecule has 1 saturated heterocycles. The number of rotatable bonds is 1. The monoisotopic (exact) mass is 344 g/mol. The first-order valence-corrected chi connectivity index (χ1v) is 7.16. The maximum atomic E-state index is 12.4. The Bertz CT molecular complexity index is 513. The van der Waals surface area contributed by atoms with Crippen molar-refractivity contribution in [3.63, 3.8) is 0 Å². The van der Waals surface area contributed by atoms with Gasteiger partial charge in [0.1, 0.15) is 0 Å². The third-order valence-electron chi connectivity index (χ3n) is 3.17. The summed E-state index contributed by atoms with van der Waals surface area (Å²) in [5.74, 6) is -0.0397. The van der Waals surface area contributed by atoms with E-state index in [9.17, 15) is 9.59 Å². The molecular formula is C13H14BrClN2O2. The Kier molecular flexibility index (Phi) is 4.47. The molecule has 1 aliphatic heterocycles. The van der Waals surface area contributed by atoms with Crippen LogP contribution in [0.5, 0.6) is 0 Å². The molecule has 1 aromatic carbocycles. The van der Waals surface area contributed by atoms with Crippen molar-refractivity contribution in [3.05, 3.63) is 33.3 Å². The second-order valence-electron chi connectivity index (χ2n) is 4.42. The first-order chi connectivity index (χ1) is 8.99. The molecule has 0 aliphatic carbocycles. The van der Waals surface area contributed by atoms with Crippen LogP contribution in [0.15, 0.2) is 22.7 Å². The average molecular weight is 346 g/mol. The van der Waals surface area contributed by atoms with Gasteiger partial charge in [-0.05, 0) is 18.2 Å². The zero-order chi connectivity index (χ0) is 14.0. The van der Waals surface area contributed by atoms with Crippen molar-refractivity contribution >= 4 is 39.3 Å². The van der Waals surface area contributed by atoms with Gasteiger partial charge in [-0.1, -0.05) is 27.5 Å². The number of nitrogens with zero attached hydrogens (tertiary/aromatic N) is 2. The van der Waals surface area contributed by atoms with Gasteiger partial charge in [-0.15, -0.1) is 0 Å². The molecule has 0 spiro atoms. The fourth-order valence-electron chi connectivity index (χ4n) is 2.06. The number of hydrogen-bond donors (Lipinski definition) is 0. The lowest BCUT2D eigenvalue weighted by atomic mass is 10.2. The van der Waals surface area contributed by atoms with Gasteiger partial charge in [-0.2, -0.15) is 0 Å². The molecule has 4 nitrogen and oxygen atoms in total. The fraction of sp³-hybridized carbons (Fsp3) is 0.385. The number of halogens is 2. The molecule has 1 aliphatic rings. The average Bonchev–Trinajstić information content (AvgIpc) is 2.41. The van der Waals surface area contributed by atoms with Crippen LogP contribution < -0.4 is 0 Å². The van der Waals surface area contributed by atoms with Crippen molar-refractivity contribution in [2.75, 3.05) is 26.2 Å². The summed E-state index contributed by atoms with van der Waals surface area (Å²) in [5.41, 5.74) is 0.493. The van der Waals surface area contributed by atoms with Crippen LogP contribution in [-0.2, 0) is 4.79 Å². The van der Waals surface area contributed by atoms with E-state index in [0.29, 0.717) is 36.8 Å². The Labute approximate surface area is 125 Å². The highest BCUT2D eigenvalue weighted by molar-refractivity contribution is 9.10. The number of benzene rings is 1. The number of hydrogen-bond acceptors (Lipinski definition) is 2. The summed E-state index contributed by atoms with van der Waals surface area (Å²) in [7, 11) is 0. The van der Waals surface area contributed by atoms with Gasteiger partial charge < -0.3 is 9.80 Å². The molecule has 0 unspecified atom stereocenters. The third-order valence-corrected chi connectivity index (χ3v) is 3.99. The summed E-state index contributed by atoms with van der Waals surface area (Å²) in [6.45, 7) is 3.78. The maximum absolute atomic E-state index is 12.4. The molecule has 0 atom stereocenters. The van der Waals surface area contributed by atoms with Gasteiger partial charge in [0.25, 0.3) is 5.91 Å². The van der Waals surface area contributed by atoms with E-state index in [-0.39, 0.29) is 11.8 Å². The molecule has 6 heteroatoms. The number of carbonyl (C=O) groups is 2. The number of piperazine rings is 1. The summed E-state index contributed by atoms with van der Waals surface area (Å²) in [6, 6.07) is 5.22. The molecular weight excluding hydrogens is 332 g/mol. The molecule has 0 saturated carbocycles. The second-order valence-corrected chi connectivity index (χ2v) is 5.75. The number of carbonyl (C=O) groups excluding carboxylic acids is 2. The third kappa shape index (κ3) is 3.28. The molecule has 0 radical (unpaired) electrons. The van der Waals surface area contributed by atoms with E-state index < -0.39 is 0 Å². The van der Waals surface area contributed by atoms with Crippen molar-refractivity contribution in [3.8, 4) is 0 Å². The van der Waals surface area contributed by atoms with Crippen molar-refractivity contribution in [1.82, 2.24) is 9.80 Å². The molecule has 1 fully saturated rings. The second kappa shape index (κ2) is 5.92. The van der Waals surface area contributed by atoms with Crippen molar-refractivity contribution in [2.24, 2.45) is 0 Å². The zero-order valence-corrected chi connectivity index (χ0v) is 12.9. The molecule has 1 aromatic rings. The topological polar surface area (TPSA) is 40.6 Å². The Morgan fingerprint density at radius 1 is 1.16 bits per heavy atom. The highest BCUT2D eigenvalue weighted by atomic mass is 79.9. The highest BCUT2D eigenvalue weighted by Gasteiger charge is 2.24. The van der Waals surface area contributed by atoms with Crippen LogP contribution in [0.4, 0.5) is 0 Å². The summed E-state index contributed by atoms with van der Waals surface area (Å²) >= 11 is 9.39. The van der Waals surface area contributed by atoms with Crippen LogP contribution >= 0.6 is 27.5 Å². The van der Waals surface area contributed by atoms with Crippen LogP contribution in [0.3, 0.4) is 0 Å². The lowest BCUT2D eigenvalue weighted by Gasteiger charge is -2.34. The molecule has 0 N–H and O–H groups in total. The minimum Gasteiger partial charge on any atom is -0.339 e. The SMILES string of the molecule is CC(=O)N1CCN(C(=O)c2cc(Br)ccc2Cl)CC1. The standard InChI is InChI=1S/C13H14BrClN2O2/c1-9(18)16-4-6-17(7-5-16)13(19)11-8-10(14)2-3-12(11)15/h2-3,8H,4-7H2,1H3. The summed E-state index contributed by atoms with van der Waals surface area (Å²) in [6.07, 6.45) is 0. The van der Waals surface area contributed by atoms with E-state index in [1.165, 1.54) is 0 Å². The van der Waals surface area contributed by atoms with Crippen LogP contribution in [-0.4, -0.2) is 47.8 Å². The van der Waals surface area contributed by atoms with E-state index in [2.05, 4.69) is 15.9 Å². The Balaban J connectivity index is 2.09. The highest BCUT2D eigenvalue weighted by Crippen LogP contribution is 2.23. The van der Waals surface area contributed by atoms with E-state index >= 15 is 0 Å². The van der Waals surface area contributed by atoms with E-state index in [1.807, 2.05) is 0 Å². The lowest BCUT2D eigenvalue weighted by molar-refractivity contribution is -0.130. The quantitative estimate of drug-likeness (QED) is 0.784. The summed E-state index contributed by atoms with van der Waals surface area (Å²) in [4.78, 5) is 27.1. The minimum atomic E-state index is -0.0884. The Hall–Kier alpha value is -1.07. The summed E-state index contributed by atoms with van der Waals surface area (Å²) < 4.78 is 0.822. The van der Waals surface area contributed by atoms with Gasteiger partial charge >= 0.3 is 0 Å². The molecule has 19 heavy (non-hydrogen) atoms. The molecule has 0 bridgehead atoms. The van der Waals surface area contributed by atoms with E-state index in [1.54, 1.807) is 34.9 Å². The van der Waals surface area contributed by atoms with Gasteiger partial charge in [0.05, 0.1) is 10.6 Å². The van der Waals surface area contributed by atoms with Crippen molar-refractivity contribution in [2.45, 2.75) is 6.92 Å². The van der Waals surface area contributed by atoms with Gasteiger partial charge in [0.2, 0.25) is 5.91 Å². The van der Waals surface area contributed by atoms with Crippen LogP contribution in [0, 0.1) is 0 Å². The van der Waals surface area contributed by atoms with Crippen LogP contribution in [0.2, 0.25) is 5.02 Å². The van der Waals surface area contributed by atoms with Crippen molar-refractivity contribution in [1.29, 1.82) is 0 Å². The predicted octanol–water partition coefficient (Wildman–Crippen LogP) is 2.41. The van der Waals surface area contributed by atoms with E-state index in [4.69, 9.17) is 11.6 Å². The normalized spacial score (nSPS) is 15.5. The van der Waals surface area contributed by atoms with Crippen LogP contribution in [0.25, 0.3) is 0 Å². The summed E-state index contributed by atoms with van der Waals surface area (Å²) in [5, 5.41) is 0.446. The lowest BCUT2D eigenvalue weighted by Crippen LogP contribution is -2.50. The first-order valence-electron chi connectivity index (χ1n) is 5.99. The fourth-order valence-corrected chi connectivity index (χ4v) is 2.62. The van der Waals surface area contributed by atoms with Crippen LogP contribution in [0.1, 0.15) is 17.3 Å². The Morgan fingerprint density at radius 3 is 2.32 bits per heavy atom. The minimum absolute atomic E-state index is 0.0487. The smallest absolute Gasteiger partial charge is 0.255 e. The molecule has 102 valence electrons. The zero-order valence-electron chi connectivity index (χ0n) is 10.5. The molecule has 2 amide bonds. The maximum Gasteiger partial charge on any atom is 0.255 e. The molecule has 0 aromatic heterocycles. The van der Waals surface area contributed by atoms with Gasteiger partial charge in [-0.3, -0.25) is 9.59 Å². The van der Waals surface area contributed by atoms with Gasteiger partial charge in [0.15, 0.2) is 0 Å². The predicted molar refractivity (Wildman–Crippen MR) is 77.3 cm³/mol. The van der Waals surface area contributed by atoms with Crippen molar-refractivity contribution < 1.29 is 9.59 Å². The largest absolute Gasteiger partial charge is 0.339 e. The van der Waals surface area contributed by atoms with Gasteiger partial charge in [-0.25, -0.2) is 0 Å².